The lowest BCUT2D eigenvalue weighted by Gasteiger charge is -2.20. The highest BCUT2D eigenvalue weighted by atomic mass is 16.5. The number of benzene rings is 1. The summed E-state index contributed by atoms with van der Waals surface area (Å²) in [6.07, 6.45) is 9.96. The van der Waals surface area contributed by atoms with E-state index in [1.807, 2.05) is 0 Å². The highest BCUT2D eigenvalue weighted by molar-refractivity contribution is 5.94. The van der Waals surface area contributed by atoms with Gasteiger partial charge in [0.05, 0.1) is 13.0 Å². The van der Waals surface area contributed by atoms with E-state index in [1.165, 1.54) is 50.3 Å². The molecule has 1 atom stereocenters. The van der Waals surface area contributed by atoms with E-state index in [0.29, 0.717) is 17.4 Å². The molecule has 5 N–H and O–H groups in total. The van der Waals surface area contributed by atoms with Crippen LogP contribution in [0.25, 0.3) is 0 Å². The minimum atomic E-state index is -1.20. The van der Waals surface area contributed by atoms with E-state index in [-0.39, 0.29) is 12.3 Å². The quantitative estimate of drug-likeness (QED) is 0.263. The first-order chi connectivity index (χ1) is 14.3. The number of carbonyl (C=O) groups excluding carboxylic acids is 3. The summed E-state index contributed by atoms with van der Waals surface area (Å²) < 4.78 is 0. The zero-order chi connectivity index (χ0) is 21.9. The molecule has 0 aromatic heterocycles. The van der Waals surface area contributed by atoms with Crippen molar-refractivity contribution in [3.63, 3.8) is 0 Å². The number of phenolic OH excluding ortho intramolecular Hbond substituents is 1. The zero-order valence-corrected chi connectivity index (χ0v) is 17.1. The van der Waals surface area contributed by atoms with E-state index < -0.39 is 30.2 Å². The molecule has 8 nitrogen and oxygen atoms in total. The summed E-state index contributed by atoms with van der Waals surface area (Å²) in [5.74, 6) is -1.33. The Morgan fingerprint density at radius 3 is 2.47 bits per heavy atom. The fourth-order valence-corrected chi connectivity index (χ4v) is 3.54. The Kier molecular flexibility index (Phi) is 9.34. The van der Waals surface area contributed by atoms with Crippen molar-refractivity contribution < 1.29 is 24.7 Å². The Labute approximate surface area is 176 Å². The van der Waals surface area contributed by atoms with E-state index >= 15 is 0 Å². The molecule has 1 aromatic carbocycles. The maximum absolute atomic E-state index is 12.2. The molecule has 2 rings (SSSR count). The third kappa shape index (κ3) is 8.24. The summed E-state index contributed by atoms with van der Waals surface area (Å²) in [4.78, 5) is 35.9. The van der Waals surface area contributed by atoms with Crippen LogP contribution in [0.1, 0.15) is 50.5 Å². The summed E-state index contributed by atoms with van der Waals surface area (Å²) in [5, 5.41) is 22.1. The summed E-state index contributed by atoms with van der Waals surface area (Å²) in [6.45, 7) is 0.00429. The molecule has 1 aliphatic rings. The number of phenols is 1. The van der Waals surface area contributed by atoms with Crippen molar-refractivity contribution in [3.05, 3.63) is 42.0 Å². The largest absolute Gasteiger partial charge is 0.508 e. The lowest BCUT2D eigenvalue weighted by Crippen LogP contribution is -2.47. The van der Waals surface area contributed by atoms with Crippen LogP contribution in [0.2, 0.25) is 0 Å². The minimum absolute atomic E-state index is 0.00429. The monoisotopic (exact) mass is 417 g/mol. The van der Waals surface area contributed by atoms with Crippen LogP contribution in [0.5, 0.6) is 5.75 Å². The van der Waals surface area contributed by atoms with Gasteiger partial charge < -0.3 is 16.2 Å². The van der Waals surface area contributed by atoms with E-state index in [0.717, 1.165) is 12.0 Å². The van der Waals surface area contributed by atoms with Gasteiger partial charge in [-0.25, -0.2) is 5.06 Å². The van der Waals surface area contributed by atoms with Crippen LogP contribution in [0, 0.1) is 5.92 Å². The maximum atomic E-state index is 12.2. The maximum Gasteiger partial charge on any atom is 0.248 e. The number of nitrogens with two attached hydrogens (primary N) is 1. The van der Waals surface area contributed by atoms with Crippen LogP contribution in [-0.4, -0.2) is 45.7 Å². The first-order valence-corrected chi connectivity index (χ1v) is 10.4. The third-order valence-corrected chi connectivity index (χ3v) is 5.34. The van der Waals surface area contributed by atoms with Crippen LogP contribution in [0.3, 0.4) is 0 Å². The molecular formula is C22H31N3O5. The van der Waals surface area contributed by atoms with Gasteiger partial charge in [-0.15, -0.1) is 0 Å². The molecule has 1 fully saturated rings. The third-order valence-electron chi connectivity index (χ3n) is 5.34. The molecule has 0 saturated heterocycles. The fraction of sp³-hybridized carbons (Fsp3) is 0.500. The van der Waals surface area contributed by atoms with E-state index in [2.05, 4.69) is 5.32 Å². The van der Waals surface area contributed by atoms with Crippen molar-refractivity contribution in [1.82, 2.24) is 10.4 Å². The number of carbonyl (C=O) groups is 3. The van der Waals surface area contributed by atoms with Crippen LogP contribution < -0.4 is 11.1 Å². The van der Waals surface area contributed by atoms with Gasteiger partial charge in [-0.2, -0.15) is 0 Å². The fourth-order valence-electron chi connectivity index (χ4n) is 3.54. The molecule has 0 unspecified atom stereocenters. The lowest BCUT2D eigenvalue weighted by molar-refractivity contribution is -0.166. The lowest BCUT2D eigenvalue weighted by atomic mass is 9.87. The standard InChI is InChI=1S/C22H31N3O5/c23-22(29)19(24-20(27)8-4-7-16-5-2-1-3-6-16)15-21(28)25(30)14-13-17-9-11-18(26)12-10-17/h4,8-12,16,19,26,30H,1-3,5-7,13-15H2,(H2,23,29)(H,24,27)/b8-4+/t19-/m1/s1. The highest BCUT2D eigenvalue weighted by Gasteiger charge is 2.23. The van der Waals surface area contributed by atoms with Crippen LogP contribution in [0.4, 0.5) is 0 Å². The molecule has 0 radical (unpaired) electrons. The molecule has 3 amide bonds. The number of rotatable bonds is 10. The number of amides is 3. The predicted octanol–water partition coefficient (Wildman–Crippen LogP) is 2.04. The Bertz CT molecular complexity index is 742. The predicted molar refractivity (Wildman–Crippen MR) is 111 cm³/mol. The Hall–Kier alpha value is -2.87. The first kappa shape index (κ1) is 23.4. The topological polar surface area (TPSA) is 133 Å². The number of aromatic hydroxyl groups is 1. The van der Waals surface area contributed by atoms with Gasteiger partial charge in [-0.05, 0) is 42.5 Å². The second kappa shape index (κ2) is 12.0. The minimum Gasteiger partial charge on any atom is -0.508 e. The van der Waals surface area contributed by atoms with Crippen LogP contribution >= 0.6 is 0 Å². The van der Waals surface area contributed by atoms with Crippen molar-refractivity contribution in [2.24, 2.45) is 11.7 Å². The molecule has 1 saturated carbocycles. The van der Waals surface area contributed by atoms with Gasteiger partial charge >= 0.3 is 0 Å². The Morgan fingerprint density at radius 1 is 1.17 bits per heavy atom. The van der Waals surface area contributed by atoms with Gasteiger partial charge in [-0.3, -0.25) is 19.6 Å². The number of hydrogen-bond donors (Lipinski definition) is 4. The van der Waals surface area contributed by atoms with Crippen LogP contribution in [-0.2, 0) is 20.8 Å². The smallest absolute Gasteiger partial charge is 0.248 e. The highest BCUT2D eigenvalue weighted by Crippen LogP contribution is 2.26. The van der Waals surface area contributed by atoms with Gasteiger partial charge in [0, 0.05) is 0 Å². The molecule has 1 aromatic rings. The van der Waals surface area contributed by atoms with Crippen LogP contribution in [0.15, 0.2) is 36.4 Å². The number of hydrogen-bond acceptors (Lipinski definition) is 5. The van der Waals surface area contributed by atoms with Gasteiger partial charge in [0.25, 0.3) is 0 Å². The number of hydroxylamine groups is 2. The van der Waals surface area contributed by atoms with Crippen molar-refractivity contribution >= 4 is 17.7 Å². The summed E-state index contributed by atoms with van der Waals surface area (Å²) >= 11 is 0. The molecule has 0 spiro atoms. The molecule has 164 valence electrons. The molecule has 0 heterocycles. The molecule has 0 bridgehead atoms. The summed E-state index contributed by atoms with van der Waals surface area (Å²) in [7, 11) is 0. The van der Waals surface area contributed by atoms with Crippen molar-refractivity contribution in [1.29, 1.82) is 0 Å². The zero-order valence-electron chi connectivity index (χ0n) is 17.1. The Balaban J connectivity index is 1.78. The second-order valence-corrected chi connectivity index (χ2v) is 7.74. The summed E-state index contributed by atoms with van der Waals surface area (Å²) in [5.41, 5.74) is 6.13. The molecule has 30 heavy (non-hydrogen) atoms. The van der Waals surface area contributed by atoms with Gasteiger partial charge in [0.1, 0.15) is 11.8 Å². The van der Waals surface area contributed by atoms with Crippen molar-refractivity contribution in [2.75, 3.05) is 6.54 Å². The average molecular weight is 418 g/mol. The van der Waals surface area contributed by atoms with Gasteiger partial charge in [-0.1, -0.05) is 50.3 Å². The summed E-state index contributed by atoms with van der Waals surface area (Å²) in [6, 6.07) is 5.19. The molecule has 0 aliphatic heterocycles. The van der Waals surface area contributed by atoms with Crippen molar-refractivity contribution in [2.45, 2.75) is 57.4 Å². The first-order valence-electron chi connectivity index (χ1n) is 10.4. The van der Waals surface area contributed by atoms with E-state index in [4.69, 9.17) is 5.73 Å². The molecule has 1 aliphatic carbocycles. The number of allylic oxidation sites excluding steroid dienone is 1. The second-order valence-electron chi connectivity index (χ2n) is 7.74. The molecule has 8 heteroatoms. The van der Waals surface area contributed by atoms with Gasteiger partial charge in [0.15, 0.2) is 0 Å². The SMILES string of the molecule is NC(=O)[C@@H](CC(=O)N(O)CCc1ccc(O)cc1)NC(=O)/C=C/CC1CCCCC1. The normalized spacial score (nSPS) is 15.6. The Morgan fingerprint density at radius 2 is 1.83 bits per heavy atom. The number of primary amides is 1. The number of nitrogens with one attached hydrogen (secondary N) is 1. The van der Waals surface area contributed by atoms with E-state index in [1.54, 1.807) is 18.2 Å². The molecular weight excluding hydrogens is 386 g/mol. The van der Waals surface area contributed by atoms with Gasteiger partial charge in [0.2, 0.25) is 17.7 Å². The average Bonchev–Trinajstić information content (AvgIpc) is 2.73. The van der Waals surface area contributed by atoms with Crippen molar-refractivity contribution in [3.8, 4) is 5.75 Å². The van der Waals surface area contributed by atoms with E-state index in [9.17, 15) is 24.7 Å². The number of nitrogens with zero attached hydrogens (tertiary/aromatic N) is 1.